The maximum atomic E-state index is 12.0. The molecule has 2 fully saturated rings. The van der Waals surface area contributed by atoms with Crippen LogP contribution in [-0.4, -0.2) is 46.8 Å². The van der Waals surface area contributed by atoms with Gasteiger partial charge in [0.2, 0.25) is 0 Å². The summed E-state index contributed by atoms with van der Waals surface area (Å²) in [6, 6.07) is 12.5. The lowest BCUT2D eigenvalue weighted by atomic mass is 9.81. The van der Waals surface area contributed by atoms with Crippen LogP contribution in [0, 0.1) is 6.92 Å². The first kappa shape index (κ1) is 25.0. The standard InChI is InChI=1S/C33H38N2O3/c1-21-11-13-28-25(16-21)17-26(22(2)34(3)20-27-10-7-15-38-27)19-35-30-18-24(33(36)37)12-14-29(30)31(32(28)35)23-8-5-4-6-9-23/h11-14,16-18,23,27H,2,4-10,15,19-20H2,1,3H3,(H,36,37). The molecule has 2 aromatic carbocycles. The summed E-state index contributed by atoms with van der Waals surface area (Å²) in [6.45, 7) is 9.02. The van der Waals surface area contributed by atoms with Crippen molar-refractivity contribution in [3.63, 3.8) is 0 Å². The van der Waals surface area contributed by atoms with Crippen molar-refractivity contribution >= 4 is 22.9 Å². The Bertz CT molecular complexity index is 1430. The van der Waals surface area contributed by atoms with Crippen molar-refractivity contribution < 1.29 is 14.6 Å². The number of nitrogens with zero attached hydrogens (tertiary/aromatic N) is 2. The molecule has 5 heteroatoms. The minimum absolute atomic E-state index is 0.247. The van der Waals surface area contributed by atoms with Gasteiger partial charge in [0.15, 0.2) is 0 Å². The number of aromatic nitrogens is 1. The number of ether oxygens (including phenoxy) is 1. The van der Waals surface area contributed by atoms with Crippen molar-refractivity contribution in [2.45, 2.75) is 70.4 Å². The average Bonchev–Trinajstić information content (AvgIpc) is 3.50. The van der Waals surface area contributed by atoms with Crippen molar-refractivity contribution in [3.8, 4) is 11.3 Å². The van der Waals surface area contributed by atoms with Gasteiger partial charge in [-0.05, 0) is 73.4 Å². The quantitative estimate of drug-likeness (QED) is 0.376. The Morgan fingerprint density at radius 3 is 2.66 bits per heavy atom. The molecule has 0 spiro atoms. The van der Waals surface area contributed by atoms with Crippen LogP contribution >= 0.6 is 0 Å². The summed E-state index contributed by atoms with van der Waals surface area (Å²) < 4.78 is 8.29. The van der Waals surface area contributed by atoms with E-state index in [9.17, 15) is 9.90 Å². The van der Waals surface area contributed by atoms with Crippen LogP contribution in [0.2, 0.25) is 0 Å². The highest BCUT2D eigenvalue weighted by atomic mass is 16.5. The Morgan fingerprint density at radius 1 is 1.11 bits per heavy atom. The zero-order chi connectivity index (χ0) is 26.4. The first-order valence-corrected chi connectivity index (χ1v) is 14.1. The first-order chi connectivity index (χ1) is 18.4. The van der Waals surface area contributed by atoms with E-state index < -0.39 is 5.97 Å². The van der Waals surface area contributed by atoms with Crippen LogP contribution in [0.3, 0.4) is 0 Å². The Balaban J connectivity index is 1.54. The number of hydrogen-bond donors (Lipinski definition) is 1. The Hall–Kier alpha value is -3.31. The van der Waals surface area contributed by atoms with Gasteiger partial charge in [-0.3, -0.25) is 0 Å². The van der Waals surface area contributed by atoms with Crippen molar-refractivity contribution in [2.75, 3.05) is 20.2 Å². The first-order valence-electron chi connectivity index (χ1n) is 14.1. The zero-order valence-corrected chi connectivity index (χ0v) is 22.6. The van der Waals surface area contributed by atoms with Crippen LogP contribution in [0.1, 0.15) is 77.9 Å². The predicted octanol–water partition coefficient (Wildman–Crippen LogP) is 7.38. The monoisotopic (exact) mass is 510 g/mol. The van der Waals surface area contributed by atoms with E-state index in [1.807, 2.05) is 6.07 Å². The number of aromatic carboxylic acids is 1. The number of aryl methyl sites for hydroxylation is 1. The largest absolute Gasteiger partial charge is 0.478 e. The van der Waals surface area contributed by atoms with Crippen LogP contribution in [0.5, 0.6) is 0 Å². The molecule has 1 N–H and O–H groups in total. The number of carboxylic acids is 1. The molecule has 1 saturated carbocycles. The van der Waals surface area contributed by atoms with Gasteiger partial charge in [-0.25, -0.2) is 4.79 Å². The smallest absolute Gasteiger partial charge is 0.335 e. The minimum atomic E-state index is -0.886. The highest BCUT2D eigenvalue weighted by Crippen LogP contribution is 2.47. The van der Waals surface area contributed by atoms with Crippen molar-refractivity contribution in [2.24, 2.45) is 0 Å². The maximum Gasteiger partial charge on any atom is 0.335 e. The van der Waals surface area contributed by atoms with Gasteiger partial charge in [0, 0.05) is 42.4 Å². The molecule has 3 aromatic rings. The summed E-state index contributed by atoms with van der Waals surface area (Å²) in [6.07, 6.45) is 10.9. The lowest BCUT2D eigenvalue weighted by Crippen LogP contribution is -2.29. The second-order valence-electron chi connectivity index (χ2n) is 11.4. The normalized spacial score (nSPS) is 19.5. The molecule has 1 saturated heterocycles. The van der Waals surface area contributed by atoms with E-state index >= 15 is 0 Å². The van der Waals surface area contributed by atoms with Crippen LogP contribution in [0.4, 0.5) is 0 Å². The number of fused-ring (bicyclic) bond motifs is 5. The van der Waals surface area contributed by atoms with E-state index in [1.165, 1.54) is 65.4 Å². The van der Waals surface area contributed by atoms with E-state index in [2.05, 4.69) is 60.4 Å². The molecule has 0 bridgehead atoms. The molecular weight excluding hydrogens is 472 g/mol. The molecular formula is C33H38N2O3. The van der Waals surface area contributed by atoms with Gasteiger partial charge >= 0.3 is 5.97 Å². The summed E-state index contributed by atoms with van der Waals surface area (Å²) >= 11 is 0. The van der Waals surface area contributed by atoms with Crippen LogP contribution in [0.25, 0.3) is 28.2 Å². The zero-order valence-electron chi connectivity index (χ0n) is 22.6. The Kier molecular flexibility index (Phi) is 6.65. The molecule has 3 heterocycles. The topological polar surface area (TPSA) is 54.7 Å². The predicted molar refractivity (Wildman–Crippen MR) is 154 cm³/mol. The fourth-order valence-electron chi connectivity index (χ4n) is 6.81. The lowest BCUT2D eigenvalue weighted by molar-refractivity contribution is 0.0697. The molecule has 198 valence electrons. The van der Waals surface area contributed by atoms with E-state index in [1.54, 1.807) is 6.07 Å². The number of carbonyl (C=O) groups is 1. The van der Waals surface area contributed by atoms with Crippen LogP contribution < -0.4 is 0 Å². The fourth-order valence-corrected chi connectivity index (χ4v) is 6.81. The van der Waals surface area contributed by atoms with Gasteiger partial charge in [0.05, 0.1) is 23.9 Å². The van der Waals surface area contributed by atoms with Crippen LogP contribution in [-0.2, 0) is 11.3 Å². The maximum absolute atomic E-state index is 12.0. The number of benzene rings is 2. The molecule has 0 amide bonds. The van der Waals surface area contributed by atoms with Gasteiger partial charge in [0.25, 0.3) is 0 Å². The molecule has 1 unspecified atom stereocenters. The summed E-state index contributed by atoms with van der Waals surface area (Å²) in [7, 11) is 2.11. The highest BCUT2D eigenvalue weighted by molar-refractivity contribution is 5.99. The molecule has 1 aromatic heterocycles. The molecule has 38 heavy (non-hydrogen) atoms. The number of hydrogen-bond acceptors (Lipinski definition) is 3. The van der Waals surface area contributed by atoms with Gasteiger partial charge in [-0.15, -0.1) is 0 Å². The van der Waals surface area contributed by atoms with Gasteiger partial charge in [0.1, 0.15) is 0 Å². The van der Waals surface area contributed by atoms with Crippen molar-refractivity contribution in [1.29, 1.82) is 0 Å². The Labute approximate surface area is 225 Å². The number of likely N-dealkylation sites (N-methyl/N-ethyl adjacent to an activating group) is 1. The third-order valence-corrected chi connectivity index (χ3v) is 8.82. The molecule has 0 radical (unpaired) electrons. The van der Waals surface area contributed by atoms with Crippen molar-refractivity contribution in [3.05, 3.63) is 76.5 Å². The number of carboxylic acid groups (broad SMARTS) is 1. The second-order valence-corrected chi connectivity index (χ2v) is 11.4. The van der Waals surface area contributed by atoms with E-state index in [-0.39, 0.29) is 6.10 Å². The van der Waals surface area contributed by atoms with Crippen molar-refractivity contribution in [1.82, 2.24) is 9.47 Å². The molecule has 3 aliphatic rings. The van der Waals surface area contributed by atoms with Gasteiger partial charge < -0.3 is 19.3 Å². The van der Waals surface area contributed by atoms with Crippen LogP contribution in [0.15, 0.2) is 54.2 Å². The second kappa shape index (κ2) is 10.1. The minimum Gasteiger partial charge on any atom is -0.478 e. The summed E-state index contributed by atoms with van der Waals surface area (Å²) in [5.41, 5.74) is 9.82. The highest BCUT2D eigenvalue weighted by Gasteiger charge is 2.30. The van der Waals surface area contributed by atoms with Gasteiger partial charge in [-0.1, -0.05) is 55.7 Å². The van der Waals surface area contributed by atoms with Gasteiger partial charge in [-0.2, -0.15) is 0 Å². The molecule has 1 atom stereocenters. The molecule has 2 aliphatic heterocycles. The van der Waals surface area contributed by atoms with E-state index in [0.717, 1.165) is 42.8 Å². The SMILES string of the molecule is C=C(C1=Cc2cc(C)ccc2-c2c(C3CCCCC3)c3ccc(C(=O)O)cc3n2C1)N(C)CC1CCCO1. The summed E-state index contributed by atoms with van der Waals surface area (Å²) in [5.74, 6) is -0.401. The number of allylic oxidation sites excluding steroid dienone is 1. The third kappa shape index (κ3) is 4.47. The molecule has 5 nitrogen and oxygen atoms in total. The molecule has 1 aliphatic carbocycles. The third-order valence-electron chi connectivity index (χ3n) is 8.82. The summed E-state index contributed by atoms with van der Waals surface area (Å²) in [5, 5.41) is 11.0. The number of rotatable bonds is 6. The Morgan fingerprint density at radius 2 is 1.92 bits per heavy atom. The van der Waals surface area contributed by atoms with E-state index in [4.69, 9.17) is 4.74 Å². The van der Waals surface area contributed by atoms with E-state index in [0.29, 0.717) is 18.0 Å². The summed E-state index contributed by atoms with van der Waals surface area (Å²) in [4.78, 5) is 14.2. The lowest BCUT2D eigenvalue weighted by Gasteiger charge is -2.27. The average molecular weight is 511 g/mol. The molecule has 6 rings (SSSR count). The fraction of sp³-hybridized carbons (Fsp3) is 0.424.